The molecule has 0 saturated heterocycles. The van der Waals surface area contributed by atoms with Crippen molar-refractivity contribution in [3.63, 3.8) is 0 Å². The van der Waals surface area contributed by atoms with Crippen molar-refractivity contribution < 1.29 is 32.9 Å². The lowest BCUT2D eigenvalue weighted by molar-refractivity contribution is -0.151. The van der Waals surface area contributed by atoms with Crippen molar-refractivity contribution >= 4 is 5.97 Å². The molecule has 1 rings (SSSR count). The van der Waals surface area contributed by atoms with E-state index in [0.717, 1.165) is 24.3 Å². The number of aliphatic hydroxyl groups is 1. The van der Waals surface area contributed by atoms with Gasteiger partial charge in [-0.25, -0.2) is 4.79 Å². The molecule has 0 spiro atoms. The van der Waals surface area contributed by atoms with Gasteiger partial charge in [-0.3, -0.25) is 0 Å². The Morgan fingerprint density at radius 1 is 1.26 bits per heavy atom. The molecule has 0 radical (unpaired) electrons. The van der Waals surface area contributed by atoms with Crippen molar-refractivity contribution in [2.45, 2.75) is 18.7 Å². The number of rotatable bonds is 6. The summed E-state index contributed by atoms with van der Waals surface area (Å²) in [6.07, 6.45) is -5.55. The predicted molar refractivity (Wildman–Crippen MR) is 59.5 cm³/mol. The van der Waals surface area contributed by atoms with Crippen molar-refractivity contribution in [1.29, 1.82) is 0 Å². The maximum Gasteiger partial charge on any atom is 0.416 e. The standard InChI is InChI=1S/C12H13F3O4/c13-12(14,15)9-4-2-8(3-5-9)10(11(17)18)19-7-1-6-16/h2-5,10,16H,1,6-7H2,(H,17,18). The number of hydrogen-bond acceptors (Lipinski definition) is 3. The third-order valence-corrected chi connectivity index (χ3v) is 2.35. The molecule has 0 aliphatic heterocycles. The second kappa shape index (κ2) is 6.53. The second-order valence-electron chi connectivity index (χ2n) is 3.79. The molecule has 2 N–H and O–H groups in total. The van der Waals surface area contributed by atoms with Gasteiger partial charge in [-0.05, 0) is 24.1 Å². The van der Waals surface area contributed by atoms with Crippen LogP contribution in [0.4, 0.5) is 13.2 Å². The fourth-order valence-electron chi connectivity index (χ4n) is 1.42. The molecule has 4 nitrogen and oxygen atoms in total. The second-order valence-corrected chi connectivity index (χ2v) is 3.79. The highest BCUT2D eigenvalue weighted by Crippen LogP contribution is 2.30. The van der Waals surface area contributed by atoms with Gasteiger partial charge >= 0.3 is 12.1 Å². The fraction of sp³-hybridized carbons (Fsp3) is 0.417. The van der Waals surface area contributed by atoms with Gasteiger partial charge < -0.3 is 14.9 Å². The molecule has 1 unspecified atom stereocenters. The van der Waals surface area contributed by atoms with Crippen LogP contribution < -0.4 is 0 Å². The Bertz CT molecular complexity index is 414. The lowest BCUT2D eigenvalue weighted by Gasteiger charge is -2.14. The average Bonchev–Trinajstić information content (AvgIpc) is 2.33. The monoisotopic (exact) mass is 278 g/mol. The SMILES string of the molecule is O=C(O)C(OCCCO)c1ccc(C(F)(F)F)cc1. The van der Waals surface area contributed by atoms with Crippen LogP contribution in [0.2, 0.25) is 0 Å². The minimum Gasteiger partial charge on any atom is -0.479 e. The number of carboxylic acids is 1. The topological polar surface area (TPSA) is 66.8 Å². The Balaban J connectivity index is 2.83. The lowest BCUT2D eigenvalue weighted by Crippen LogP contribution is -2.17. The normalized spacial score (nSPS) is 13.3. The van der Waals surface area contributed by atoms with Gasteiger partial charge in [0.2, 0.25) is 0 Å². The summed E-state index contributed by atoms with van der Waals surface area (Å²) >= 11 is 0. The van der Waals surface area contributed by atoms with Crippen molar-refractivity contribution in [2.75, 3.05) is 13.2 Å². The molecule has 7 heteroatoms. The molecule has 0 aliphatic rings. The van der Waals surface area contributed by atoms with Gasteiger partial charge in [0.15, 0.2) is 6.10 Å². The van der Waals surface area contributed by atoms with E-state index < -0.39 is 23.8 Å². The smallest absolute Gasteiger partial charge is 0.416 e. The van der Waals surface area contributed by atoms with Crippen LogP contribution in [0.15, 0.2) is 24.3 Å². The summed E-state index contributed by atoms with van der Waals surface area (Å²) < 4.78 is 42.1. The first-order chi connectivity index (χ1) is 8.86. The van der Waals surface area contributed by atoms with E-state index in [1.54, 1.807) is 0 Å². The molecule has 0 amide bonds. The summed E-state index contributed by atoms with van der Waals surface area (Å²) in [5.41, 5.74) is -0.728. The molecule has 0 aromatic heterocycles. The van der Waals surface area contributed by atoms with Crippen molar-refractivity contribution in [3.8, 4) is 0 Å². The third kappa shape index (κ3) is 4.53. The zero-order valence-electron chi connectivity index (χ0n) is 9.85. The first kappa shape index (κ1) is 15.5. The molecule has 0 aliphatic carbocycles. The highest BCUT2D eigenvalue weighted by Gasteiger charge is 2.30. The molecule has 0 fully saturated rings. The van der Waals surface area contributed by atoms with E-state index >= 15 is 0 Å². The van der Waals surface area contributed by atoms with Crippen molar-refractivity contribution in [1.82, 2.24) is 0 Å². The summed E-state index contributed by atoms with van der Waals surface area (Å²) in [6, 6.07) is 3.75. The summed E-state index contributed by atoms with van der Waals surface area (Å²) in [6.45, 7) is -0.145. The largest absolute Gasteiger partial charge is 0.479 e. The first-order valence-electron chi connectivity index (χ1n) is 5.48. The average molecular weight is 278 g/mol. The first-order valence-corrected chi connectivity index (χ1v) is 5.48. The lowest BCUT2D eigenvalue weighted by atomic mass is 10.1. The maximum atomic E-state index is 12.4. The van der Waals surface area contributed by atoms with Crippen LogP contribution >= 0.6 is 0 Å². The Labute approximate surface area is 107 Å². The summed E-state index contributed by atoms with van der Waals surface area (Å²) in [5.74, 6) is -1.29. The zero-order chi connectivity index (χ0) is 14.5. The number of carbonyl (C=O) groups is 1. The molecule has 1 aromatic carbocycles. The highest BCUT2D eigenvalue weighted by atomic mass is 19.4. The van der Waals surface area contributed by atoms with E-state index in [4.69, 9.17) is 14.9 Å². The van der Waals surface area contributed by atoms with Crippen LogP contribution in [0.3, 0.4) is 0 Å². The zero-order valence-corrected chi connectivity index (χ0v) is 9.85. The molecule has 19 heavy (non-hydrogen) atoms. The van der Waals surface area contributed by atoms with Gasteiger partial charge in [0, 0.05) is 6.61 Å². The Morgan fingerprint density at radius 3 is 2.26 bits per heavy atom. The molecule has 0 bridgehead atoms. The predicted octanol–water partition coefficient (Wildman–Crippen LogP) is 2.23. The minimum absolute atomic E-state index is 0.00842. The van der Waals surface area contributed by atoms with Gasteiger partial charge in [-0.15, -0.1) is 0 Å². The van der Waals surface area contributed by atoms with Crippen LogP contribution in [-0.2, 0) is 15.7 Å². The minimum atomic E-state index is -4.46. The van der Waals surface area contributed by atoms with E-state index in [0.29, 0.717) is 0 Å². The molecule has 1 aromatic rings. The van der Waals surface area contributed by atoms with E-state index in [2.05, 4.69) is 0 Å². The molecule has 0 saturated carbocycles. The highest BCUT2D eigenvalue weighted by molar-refractivity contribution is 5.74. The molecule has 0 heterocycles. The van der Waals surface area contributed by atoms with Gasteiger partial charge in [-0.2, -0.15) is 13.2 Å². The van der Waals surface area contributed by atoms with Gasteiger partial charge in [0.1, 0.15) is 0 Å². The fourth-order valence-corrected chi connectivity index (χ4v) is 1.42. The molecular weight excluding hydrogens is 265 g/mol. The van der Waals surface area contributed by atoms with Gasteiger partial charge in [-0.1, -0.05) is 12.1 Å². The van der Waals surface area contributed by atoms with Crippen LogP contribution in [0.5, 0.6) is 0 Å². The van der Waals surface area contributed by atoms with Crippen LogP contribution in [0.1, 0.15) is 23.7 Å². The van der Waals surface area contributed by atoms with Crippen LogP contribution in [0, 0.1) is 0 Å². The summed E-state index contributed by atoms with van der Waals surface area (Å²) in [5, 5.41) is 17.5. The number of carboxylic acid groups (broad SMARTS) is 1. The number of hydrogen-bond donors (Lipinski definition) is 2. The Morgan fingerprint density at radius 2 is 1.84 bits per heavy atom. The Kier molecular flexibility index (Phi) is 5.31. The van der Waals surface area contributed by atoms with Gasteiger partial charge in [0.25, 0.3) is 0 Å². The molecule has 106 valence electrons. The van der Waals surface area contributed by atoms with E-state index in [1.807, 2.05) is 0 Å². The van der Waals surface area contributed by atoms with Crippen LogP contribution in [0.25, 0.3) is 0 Å². The maximum absolute atomic E-state index is 12.4. The molecular formula is C12H13F3O4. The van der Waals surface area contributed by atoms with Gasteiger partial charge in [0.05, 0.1) is 12.2 Å². The van der Waals surface area contributed by atoms with E-state index in [1.165, 1.54) is 0 Å². The number of benzene rings is 1. The van der Waals surface area contributed by atoms with Crippen LogP contribution in [-0.4, -0.2) is 29.4 Å². The quantitative estimate of drug-likeness (QED) is 0.783. The number of halogens is 3. The summed E-state index contributed by atoms with van der Waals surface area (Å²) in [7, 11) is 0. The Hall–Kier alpha value is -1.60. The van der Waals surface area contributed by atoms with Crippen molar-refractivity contribution in [3.05, 3.63) is 35.4 Å². The van der Waals surface area contributed by atoms with E-state index in [-0.39, 0.29) is 25.2 Å². The van der Waals surface area contributed by atoms with E-state index in [9.17, 15) is 18.0 Å². The number of aliphatic hydroxyl groups excluding tert-OH is 1. The number of ether oxygens (including phenoxy) is 1. The number of alkyl halides is 3. The van der Waals surface area contributed by atoms with Crippen molar-refractivity contribution in [2.24, 2.45) is 0 Å². The summed E-state index contributed by atoms with van der Waals surface area (Å²) in [4.78, 5) is 11.0. The number of aliphatic carboxylic acids is 1. The molecule has 1 atom stereocenters. The third-order valence-electron chi connectivity index (χ3n) is 2.35.